The van der Waals surface area contributed by atoms with Crippen LogP contribution in [0.5, 0.6) is 6.01 Å². The number of rotatable bonds is 10. The Morgan fingerprint density at radius 3 is 2.40 bits per heavy atom. The van der Waals surface area contributed by atoms with Crippen molar-refractivity contribution in [3.05, 3.63) is 41.7 Å². The minimum atomic E-state index is -4.63. The number of nitrogens with zero attached hydrogens (tertiary/aromatic N) is 2. The van der Waals surface area contributed by atoms with Crippen molar-refractivity contribution in [2.75, 3.05) is 19.0 Å². The van der Waals surface area contributed by atoms with E-state index >= 15 is 0 Å². The zero-order chi connectivity index (χ0) is 22.3. The van der Waals surface area contributed by atoms with Gasteiger partial charge in [-0.05, 0) is 30.9 Å². The normalized spacial score (nSPS) is 13.5. The van der Waals surface area contributed by atoms with E-state index in [2.05, 4.69) is 15.3 Å². The highest BCUT2D eigenvalue weighted by molar-refractivity contribution is 5.69. The van der Waals surface area contributed by atoms with Crippen LogP contribution in [-0.4, -0.2) is 40.9 Å². The van der Waals surface area contributed by atoms with Crippen LogP contribution in [0.4, 0.5) is 24.5 Å². The van der Waals surface area contributed by atoms with Crippen molar-refractivity contribution in [1.29, 1.82) is 0 Å². The van der Waals surface area contributed by atoms with Crippen LogP contribution in [0.2, 0.25) is 0 Å². The average Bonchev–Trinajstić information content (AvgIpc) is 2.70. The summed E-state index contributed by atoms with van der Waals surface area (Å²) in [6, 6.07) is 4.47. The van der Waals surface area contributed by atoms with Gasteiger partial charge in [-0.2, -0.15) is 13.2 Å². The predicted octanol–water partition coefficient (Wildman–Crippen LogP) is 4.84. The Morgan fingerprint density at radius 2 is 1.90 bits per heavy atom. The standard InChI is InChI=1S/C20H24F3N3O4/c1-4-12(9-17(27)28)13-6-7-15(18(30-5-2)20(21,22)23)16(8-13)26-14-10-24-19(29-3)25-11-14/h6-8,10-12,18,26H,4-5,9H2,1-3H3,(H,27,28). The molecule has 164 valence electrons. The minimum Gasteiger partial charge on any atom is -0.481 e. The molecule has 0 saturated carbocycles. The lowest BCUT2D eigenvalue weighted by atomic mass is 9.91. The van der Waals surface area contributed by atoms with Crippen LogP contribution in [0.15, 0.2) is 30.6 Å². The number of methoxy groups -OCH3 is 1. The largest absolute Gasteiger partial charge is 0.481 e. The van der Waals surface area contributed by atoms with E-state index in [9.17, 15) is 18.0 Å². The van der Waals surface area contributed by atoms with E-state index in [1.165, 1.54) is 44.6 Å². The molecule has 30 heavy (non-hydrogen) atoms. The van der Waals surface area contributed by atoms with Gasteiger partial charge in [0.05, 0.1) is 31.6 Å². The molecule has 10 heteroatoms. The Balaban J connectivity index is 2.52. The van der Waals surface area contributed by atoms with E-state index in [1.54, 1.807) is 0 Å². The molecule has 2 unspecified atom stereocenters. The van der Waals surface area contributed by atoms with Crippen LogP contribution in [0, 0.1) is 0 Å². The highest BCUT2D eigenvalue weighted by Crippen LogP contribution is 2.41. The number of hydrogen-bond donors (Lipinski definition) is 2. The molecule has 0 spiro atoms. The molecule has 0 fully saturated rings. The van der Waals surface area contributed by atoms with Gasteiger partial charge in [-0.3, -0.25) is 4.79 Å². The number of ether oxygens (including phenoxy) is 2. The maximum atomic E-state index is 13.6. The summed E-state index contributed by atoms with van der Waals surface area (Å²) in [5, 5.41) is 12.0. The molecule has 0 aliphatic carbocycles. The molecular weight excluding hydrogens is 403 g/mol. The maximum absolute atomic E-state index is 13.6. The monoisotopic (exact) mass is 427 g/mol. The van der Waals surface area contributed by atoms with Gasteiger partial charge in [-0.15, -0.1) is 0 Å². The molecule has 2 rings (SSSR count). The molecule has 1 heterocycles. The summed E-state index contributed by atoms with van der Waals surface area (Å²) in [6.07, 6.45) is -3.63. The van der Waals surface area contributed by atoms with Gasteiger partial charge in [0.15, 0.2) is 6.10 Å². The Morgan fingerprint density at radius 1 is 1.23 bits per heavy atom. The Labute approximate surface area is 172 Å². The molecule has 0 radical (unpaired) electrons. The van der Waals surface area contributed by atoms with Crippen molar-refractivity contribution in [3.8, 4) is 6.01 Å². The van der Waals surface area contributed by atoms with E-state index < -0.39 is 18.2 Å². The number of anilines is 2. The fourth-order valence-electron chi connectivity index (χ4n) is 3.04. The molecule has 2 N–H and O–H groups in total. The Hall–Kier alpha value is -2.88. The topological polar surface area (TPSA) is 93.6 Å². The van der Waals surface area contributed by atoms with Crippen LogP contribution in [-0.2, 0) is 9.53 Å². The summed E-state index contributed by atoms with van der Waals surface area (Å²) in [7, 11) is 1.40. The van der Waals surface area contributed by atoms with E-state index in [-0.39, 0.29) is 36.2 Å². The van der Waals surface area contributed by atoms with Gasteiger partial charge in [-0.1, -0.05) is 19.1 Å². The second kappa shape index (κ2) is 10.2. The molecule has 0 aliphatic rings. The van der Waals surface area contributed by atoms with Crippen LogP contribution in [0.1, 0.15) is 49.8 Å². The smallest absolute Gasteiger partial charge is 0.418 e. The molecule has 0 saturated heterocycles. The van der Waals surface area contributed by atoms with Gasteiger partial charge in [0.1, 0.15) is 0 Å². The first-order valence-electron chi connectivity index (χ1n) is 9.36. The summed E-state index contributed by atoms with van der Waals surface area (Å²) in [5.41, 5.74) is 0.978. The molecule has 0 amide bonds. The third-order valence-corrected chi connectivity index (χ3v) is 4.47. The van der Waals surface area contributed by atoms with Crippen molar-refractivity contribution in [2.45, 2.75) is 44.9 Å². The fourth-order valence-corrected chi connectivity index (χ4v) is 3.04. The van der Waals surface area contributed by atoms with Crippen molar-refractivity contribution in [1.82, 2.24) is 9.97 Å². The molecule has 1 aromatic carbocycles. The summed E-state index contributed by atoms with van der Waals surface area (Å²) < 4.78 is 50.8. The summed E-state index contributed by atoms with van der Waals surface area (Å²) in [4.78, 5) is 19.0. The van der Waals surface area contributed by atoms with E-state index in [4.69, 9.17) is 14.6 Å². The number of carboxylic acid groups (broad SMARTS) is 1. The molecular formula is C20H24F3N3O4. The van der Waals surface area contributed by atoms with Crippen LogP contribution < -0.4 is 10.1 Å². The van der Waals surface area contributed by atoms with Crippen molar-refractivity contribution >= 4 is 17.3 Å². The summed E-state index contributed by atoms with van der Waals surface area (Å²) in [6.45, 7) is 3.18. The number of alkyl halides is 3. The predicted molar refractivity (Wildman–Crippen MR) is 104 cm³/mol. The SMILES string of the molecule is CCOC(c1ccc(C(CC)CC(=O)O)cc1Nc1cnc(OC)nc1)C(F)(F)F. The van der Waals surface area contributed by atoms with E-state index in [0.29, 0.717) is 17.7 Å². The highest BCUT2D eigenvalue weighted by atomic mass is 19.4. The van der Waals surface area contributed by atoms with Crippen molar-refractivity contribution in [2.24, 2.45) is 0 Å². The Kier molecular flexibility index (Phi) is 7.99. The lowest BCUT2D eigenvalue weighted by molar-refractivity contribution is -0.222. The second-order valence-electron chi connectivity index (χ2n) is 6.51. The number of nitrogens with one attached hydrogen (secondary N) is 1. The van der Waals surface area contributed by atoms with Crippen molar-refractivity contribution < 1.29 is 32.5 Å². The first kappa shape index (κ1) is 23.4. The van der Waals surface area contributed by atoms with Gasteiger partial charge in [0.2, 0.25) is 0 Å². The molecule has 2 atom stereocenters. The lowest BCUT2D eigenvalue weighted by Gasteiger charge is -2.25. The van der Waals surface area contributed by atoms with Crippen LogP contribution in [0.3, 0.4) is 0 Å². The third-order valence-electron chi connectivity index (χ3n) is 4.47. The second-order valence-corrected chi connectivity index (χ2v) is 6.51. The molecule has 0 aliphatic heterocycles. The van der Waals surface area contributed by atoms with Gasteiger partial charge in [0, 0.05) is 17.9 Å². The first-order valence-corrected chi connectivity index (χ1v) is 9.36. The third kappa shape index (κ3) is 6.06. The summed E-state index contributed by atoms with van der Waals surface area (Å²) in [5.74, 6) is -1.33. The van der Waals surface area contributed by atoms with Gasteiger partial charge >= 0.3 is 18.2 Å². The average molecular weight is 427 g/mol. The summed E-state index contributed by atoms with van der Waals surface area (Å²) >= 11 is 0. The van der Waals surface area contributed by atoms with Crippen LogP contribution in [0.25, 0.3) is 0 Å². The van der Waals surface area contributed by atoms with E-state index in [1.807, 2.05) is 6.92 Å². The number of hydrogen-bond acceptors (Lipinski definition) is 6. The number of halogens is 3. The molecule has 0 bridgehead atoms. The zero-order valence-electron chi connectivity index (χ0n) is 16.9. The van der Waals surface area contributed by atoms with Gasteiger partial charge in [0.25, 0.3) is 0 Å². The van der Waals surface area contributed by atoms with Gasteiger partial charge < -0.3 is 19.9 Å². The number of aromatic nitrogens is 2. The maximum Gasteiger partial charge on any atom is 0.418 e. The number of carbonyl (C=O) groups is 1. The van der Waals surface area contributed by atoms with Crippen LogP contribution >= 0.6 is 0 Å². The molecule has 2 aromatic rings. The lowest BCUT2D eigenvalue weighted by Crippen LogP contribution is -2.24. The number of carboxylic acids is 1. The van der Waals surface area contributed by atoms with Gasteiger partial charge in [-0.25, -0.2) is 9.97 Å². The quantitative estimate of drug-likeness (QED) is 0.560. The van der Waals surface area contributed by atoms with E-state index in [0.717, 1.165) is 0 Å². The molecule has 1 aromatic heterocycles. The highest BCUT2D eigenvalue weighted by Gasteiger charge is 2.43. The van der Waals surface area contributed by atoms with Crippen molar-refractivity contribution in [3.63, 3.8) is 0 Å². The Bertz CT molecular complexity index is 844. The first-order chi connectivity index (χ1) is 14.2. The number of aliphatic carboxylic acids is 1. The molecule has 7 nitrogen and oxygen atoms in total. The minimum absolute atomic E-state index is 0.115. The number of benzene rings is 1. The fraction of sp³-hybridized carbons (Fsp3) is 0.450. The zero-order valence-corrected chi connectivity index (χ0v) is 16.9.